The summed E-state index contributed by atoms with van der Waals surface area (Å²) in [7, 11) is 0. The van der Waals surface area contributed by atoms with Gasteiger partial charge in [-0.2, -0.15) is 0 Å². The van der Waals surface area contributed by atoms with E-state index in [1.807, 2.05) is 20.8 Å². The van der Waals surface area contributed by atoms with E-state index < -0.39 is 17.8 Å². The number of anilines is 1. The number of thiazole rings is 1. The Morgan fingerprint density at radius 2 is 1.70 bits per heavy atom. The summed E-state index contributed by atoms with van der Waals surface area (Å²) in [4.78, 5) is 29.7. The van der Waals surface area contributed by atoms with Crippen molar-refractivity contribution in [3.8, 4) is 11.3 Å². The molecule has 2 N–H and O–H groups in total. The molecule has 7 heteroatoms. The van der Waals surface area contributed by atoms with Crippen LogP contribution in [0.1, 0.15) is 31.6 Å². The molecule has 1 aliphatic carbocycles. The number of carboxylic acid groups (broad SMARTS) is 1. The molecule has 1 aromatic heterocycles. The molecular weight excluding hydrogens is 367 g/mol. The quantitative estimate of drug-likeness (QED) is 0.748. The zero-order valence-electron chi connectivity index (χ0n) is 15.4. The summed E-state index contributed by atoms with van der Waals surface area (Å²) in [6.45, 7) is 5.73. The van der Waals surface area contributed by atoms with Crippen LogP contribution in [0.2, 0.25) is 0 Å². The minimum absolute atomic E-state index is 0.323. The van der Waals surface area contributed by atoms with Crippen molar-refractivity contribution in [1.29, 1.82) is 0 Å². The molecule has 0 radical (unpaired) electrons. The highest BCUT2D eigenvalue weighted by Crippen LogP contribution is 2.36. The van der Waals surface area contributed by atoms with Crippen LogP contribution in [0.3, 0.4) is 0 Å². The average molecular weight is 388 g/mol. The fourth-order valence-corrected chi connectivity index (χ4v) is 4.19. The number of halogens is 1. The molecule has 5 nitrogen and oxygen atoms in total. The molecule has 2 aromatic rings. The number of carbonyl (C=O) groups is 2. The molecule has 27 heavy (non-hydrogen) atoms. The van der Waals surface area contributed by atoms with E-state index in [0.29, 0.717) is 23.7 Å². The van der Waals surface area contributed by atoms with E-state index in [-0.39, 0.29) is 11.7 Å². The number of hydrogen-bond acceptors (Lipinski definition) is 4. The second-order valence-electron chi connectivity index (χ2n) is 6.94. The summed E-state index contributed by atoms with van der Waals surface area (Å²) in [5.41, 5.74) is 3.55. The van der Waals surface area contributed by atoms with Crippen LogP contribution >= 0.6 is 11.3 Å². The highest BCUT2D eigenvalue weighted by molar-refractivity contribution is 7.16. The molecule has 0 aliphatic heterocycles. The van der Waals surface area contributed by atoms with Gasteiger partial charge in [0.05, 0.1) is 17.5 Å². The van der Waals surface area contributed by atoms with Crippen LogP contribution in [0, 0.1) is 24.6 Å². The number of rotatable bonds is 4. The van der Waals surface area contributed by atoms with Crippen molar-refractivity contribution in [1.82, 2.24) is 4.98 Å². The van der Waals surface area contributed by atoms with Gasteiger partial charge in [0, 0.05) is 10.4 Å². The third-order valence-electron chi connectivity index (χ3n) is 5.06. The molecule has 3 rings (SSSR count). The van der Waals surface area contributed by atoms with Crippen LogP contribution < -0.4 is 5.32 Å². The van der Waals surface area contributed by atoms with Crippen molar-refractivity contribution >= 4 is 28.3 Å². The van der Waals surface area contributed by atoms with Gasteiger partial charge in [0.25, 0.3) is 0 Å². The van der Waals surface area contributed by atoms with Crippen LogP contribution in [0.25, 0.3) is 11.3 Å². The molecule has 1 aromatic carbocycles. The smallest absolute Gasteiger partial charge is 0.307 e. The minimum atomic E-state index is -0.954. The second-order valence-corrected chi connectivity index (χ2v) is 8.14. The number of carbonyl (C=O) groups excluding carboxylic acids is 1. The predicted molar refractivity (Wildman–Crippen MR) is 103 cm³/mol. The van der Waals surface area contributed by atoms with Gasteiger partial charge in [0.2, 0.25) is 5.91 Å². The third kappa shape index (κ3) is 4.08. The van der Waals surface area contributed by atoms with Gasteiger partial charge in [-0.05, 0) is 57.9 Å². The summed E-state index contributed by atoms with van der Waals surface area (Å²) in [6.07, 6.45) is 0.820. The highest BCUT2D eigenvalue weighted by Gasteiger charge is 2.37. The Bertz CT molecular complexity index is 918. The van der Waals surface area contributed by atoms with Crippen molar-refractivity contribution in [2.75, 3.05) is 5.32 Å². The van der Waals surface area contributed by atoms with Crippen LogP contribution in [0.4, 0.5) is 9.52 Å². The lowest BCUT2D eigenvalue weighted by molar-refractivity contribution is -0.146. The van der Waals surface area contributed by atoms with Gasteiger partial charge < -0.3 is 10.4 Å². The topological polar surface area (TPSA) is 79.3 Å². The Balaban J connectivity index is 1.81. The normalized spacial score (nSPS) is 19.9. The molecule has 0 spiro atoms. The number of nitrogens with one attached hydrogen (secondary N) is 1. The first kappa shape index (κ1) is 19.2. The highest BCUT2D eigenvalue weighted by atomic mass is 32.1. The maximum absolute atomic E-state index is 13.1. The largest absolute Gasteiger partial charge is 0.481 e. The standard InChI is InChI=1S/C20H21FN2O3S/c1-10-8-15(16(19(25)26)9-11(10)2)18(24)23-20-22-17(12(3)27-20)13-4-6-14(21)7-5-13/h4-7,15-16H,8-9H2,1-3H3,(H,25,26)(H,22,23,24)/t15-,16+/m1/s1. The third-order valence-corrected chi connectivity index (χ3v) is 5.95. The van der Waals surface area contributed by atoms with E-state index >= 15 is 0 Å². The average Bonchev–Trinajstić information content (AvgIpc) is 2.97. The maximum atomic E-state index is 13.1. The fourth-order valence-electron chi connectivity index (χ4n) is 3.35. The number of aromatic nitrogens is 1. The van der Waals surface area contributed by atoms with Gasteiger partial charge in [-0.1, -0.05) is 11.1 Å². The lowest BCUT2D eigenvalue weighted by atomic mass is 9.76. The van der Waals surface area contributed by atoms with Crippen molar-refractivity contribution in [3.05, 3.63) is 46.1 Å². The first-order valence-electron chi connectivity index (χ1n) is 8.68. The van der Waals surface area contributed by atoms with Crippen molar-refractivity contribution < 1.29 is 19.1 Å². The number of benzene rings is 1. The molecule has 2 atom stereocenters. The van der Waals surface area contributed by atoms with Gasteiger partial charge in [-0.3, -0.25) is 9.59 Å². The first-order valence-corrected chi connectivity index (χ1v) is 9.50. The van der Waals surface area contributed by atoms with Crippen LogP contribution in [0.15, 0.2) is 35.4 Å². The van der Waals surface area contributed by atoms with Crippen molar-refractivity contribution in [3.63, 3.8) is 0 Å². The van der Waals surface area contributed by atoms with Gasteiger partial charge in [-0.25, -0.2) is 9.37 Å². The molecule has 1 heterocycles. The van der Waals surface area contributed by atoms with E-state index in [2.05, 4.69) is 10.3 Å². The molecule has 0 saturated heterocycles. The maximum Gasteiger partial charge on any atom is 0.307 e. The molecular formula is C20H21FN2O3S. The monoisotopic (exact) mass is 388 g/mol. The van der Waals surface area contributed by atoms with Crippen LogP contribution in [-0.4, -0.2) is 22.0 Å². The Labute approximate surface area is 161 Å². The number of aryl methyl sites for hydroxylation is 1. The summed E-state index contributed by atoms with van der Waals surface area (Å²) in [5.74, 6) is -2.95. The van der Waals surface area contributed by atoms with Gasteiger partial charge in [0.15, 0.2) is 5.13 Å². The SMILES string of the molecule is CC1=C(C)C[C@@H](C(=O)Nc2nc(-c3ccc(F)cc3)c(C)s2)[C@@H](C(=O)O)C1. The van der Waals surface area contributed by atoms with E-state index in [0.717, 1.165) is 21.6 Å². The first-order chi connectivity index (χ1) is 12.8. The second kappa shape index (κ2) is 7.60. The number of allylic oxidation sites excluding steroid dienone is 2. The Kier molecular flexibility index (Phi) is 5.41. The molecule has 1 amide bonds. The minimum Gasteiger partial charge on any atom is -0.481 e. The van der Waals surface area contributed by atoms with Gasteiger partial charge in [-0.15, -0.1) is 11.3 Å². The molecule has 0 bridgehead atoms. The van der Waals surface area contributed by atoms with Crippen molar-refractivity contribution in [2.24, 2.45) is 11.8 Å². The lowest BCUT2D eigenvalue weighted by Gasteiger charge is -2.29. The fraction of sp³-hybridized carbons (Fsp3) is 0.350. The van der Waals surface area contributed by atoms with E-state index in [1.165, 1.54) is 23.5 Å². The summed E-state index contributed by atoms with van der Waals surface area (Å²) < 4.78 is 13.1. The van der Waals surface area contributed by atoms with Crippen LogP contribution in [0.5, 0.6) is 0 Å². The van der Waals surface area contributed by atoms with Crippen LogP contribution in [-0.2, 0) is 9.59 Å². The number of hydrogen-bond donors (Lipinski definition) is 2. The number of carboxylic acids is 1. The Morgan fingerprint density at radius 1 is 1.11 bits per heavy atom. The predicted octanol–water partition coefficient (Wildman–Crippen LogP) is 4.64. The molecule has 142 valence electrons. The summed E-state index contributed by atoms with van der Waals surface area (Å²) in [5, 5.41) is 12.7. The van der Waals surface area contributed by atoms with E-state index in [4.69, 9.17) is 0 Å². The Morgan fingerprint density at radius 3 is 2.30 bits per heavy atom. The number of amides is 1. The molecule has 0 unspecified atom stereocenters. The summed E-state index contributed by atoms with van der Waals surface area (Å²) >= 11 is 1.32. The molecule has 0 saturated carbocycles. The lowest BCUT2D eigenvalue weighted by Crippen LogP contribution is -2.36. The zero-order chi connectivity index (χ0) is 19.7. The Hall–Kier alpha value is -2.54. The molecule has 0 fully saturated rings. The van der Waals surface area contributed by atoms with Crippen molar-refractivity contribution in [2.45, 2.75) is 33.6 Å². The van der Waals surface area contributed by atoms with E-state index in [9.17, 15) is 19.1 Å². The number of aliphatic carboxylic acids is 1. The van der Waals surface area contributed by atoms with E-state index in [1.54, 1.807) is 12.1 Å². The molecule has 1 aliphatic rings. The summed E-state index contributed by atoms with van der Waals surface area (Å²) in [6, 6.07) is 6.01. The zero-order valence-corrected chi connectivity index (χ0v) is 16.2. The number of nitrogens with zero attached hydrogens (tertiary/aromatic N) is 1. The van der Waals surface area contributed by atoms with Gasteiger partial charge >= 0.3 is 5.97 Å². The van der Waals surface area contributed by atoms with Gasteiger partial charge in [0.1, 0.15) is 5.82 Å².